The van der Waals surface area contributed by atoms with Gasteiger partial charge in [0, 0.05) is 13.1 Å². The first kappa shape index (κ1) is 37.5. The number of carbonyl (C=O) groups is 2. The number of hydrogen-bond acceptors (Lipinski definition) is 9. The molecule has 0 unspecified atom stereocenters. The first-order chi connectivity index (χ1) is 20.5. The van der Waals surface area contributed by atoms with Gasteiger partial charge >= 0.3 is 11.9 Å². The quantitative estimate of drug-likeness (QED) is 0.0572. The molecule has 1 aromatic heterocycles. The fourth-order valence-electron chi connectivity index (χ4n) is 4.88. The van der Waals surface area contributed by atoms with Crippen molar-refractivity contribution in [3.8, 4) is 0 Å². The molecule has 0 atom stereocenters. The molecule has 0 radical (unpaired) electrons. The first-order valence-corrected chi connectivity index (χ1v) is 16.6. The molecule has 0 saturated heterocycles. The average molecular weight is 594 g/mol. The summed E-state index contributed by atoms with van der Waals surface area (Å²) in [6.07, 6.45) is 25.6. The van der Waals surface area contributed by atoms with E-state index in [4.69, 9.17) is 0 Å². The second-order valence-corrected chi connectivity index (χ2v) is 11.2. The number of hydrogen-bond donors (Lipinski definition) is 4. The molecule has 0 bridgehead atoms. The Morgan fingerprint density at radius 1 is 0.571 bits per heavy atom. The number of rotatable bonds is 30. The molecular weight excluding hydrogens is 534 g/mol. The fourth-order valence-corrected chi connectivity index (χ4v) is 4.88. The van der Waals surface area contributed by atoms with Gasteiger partial charge in [-0.25, -0.2) is 10.9 Å². The van der Waals surface area contributed by atoms with Gasteiger partial charge in [0.05, 0.1) is 0 Å². The standard InChI is InChI=1S/C31H59N7O4/c1-3-5-7-9-11-13-15-17-19-21-23-37(34-25-28(39)40)30-32-27-33-31(36-30)38(35-26-29(41)42)24-22-20-18-16-14-12-10-8-6-4-2/h27,34-35H,3-26H2,1-2H3,(H,39,40)(H,41,42). The van der Waals surface area contributed by atoms with Crippen LogP contribution in [-0.2, 0) is 9.59 Å². The van der Waals surface area contributed by atoms with Gasteiger partial charge in [-0.3, -0.25) is 19.6 Å². The smallest absolute Gasteiger partial charge is 0.319 e. The molecule has 0 aliphatic rings. The van der Waals surface area contributed by atoms with Crippen molar-refractivity contribution in [3.05, 3.63) is 6.33 Å². The van der Waals surface area contributed by atoms with Crippen molar-refractivity contribution in [3.63, 3.8) is 0 Å². The lowest BCUT2D eigenvalue weighted by atomic mass is 10.1. The van der Waals surface area contributed by atoms with Crippen LogP contribution in [0, 0.1) is 0 Å². The number of anilines is 2. The minimum atomic E-state index is -0.969. The summed E-state index contributed by atoms with van der Waals surface area (Å²) in [6, 6.07) is 0. The van der Waals surface area contributed by atoms with Gasteiger partial charge in [-0.05, 0) is 12.8 Å². The lowest BCUT2D eigenvalue weighted by Gasteiger charge is -2.26. The summed E-state index contributed by atoms with van der Waals surface area (Å²) in [5, 5.41) is 21.8. The van der Waals surface area contributed by atoms with Gasteiger partial charge in [0.1, 0.15) is 19.4 Å². The zero-order valence-corrected chi connectivity index (χ0v) is 26.5. The Morgan fingerprint density at radius 2 is 0.881 bits per heavy atom. The number of nitrogens with zero attached hydrogens (tertiary/aromatic N) is 5. The van der Waals surface area contributed by atoms with Crippen LogP contribution in [0.1, 0.15) is 142 Å². The maximum atomic E-state index is 11.3. The molecule has 1 rings (SSSR count). The number of hydrazine groups is 2. The zero-order chi connectivity index (χ0) is 30.7. The van der Waals surface area contributed by atoms with Gasteiger partial charge in [-0.1, -0.05) is 129 Å². The number of carboxylic acids is 2. The van der Waals surface area contributed by atoms with E-state index in [-0.39, 0.29) is 13.1 Å². The predicted octanol–water partition coefficient (Wildman–Crippen LogP) is 6.50. The average Bonchev–Trinajstić information content (AvgIpc) is 2.97. The van der Waals surface area contributed by atoms with E-state index < -0.39 is 11.9 Å². The van der Waals surface area contributed by atoms with Crippen molar-refractivity contribution >= 4 is 23.8 Å². The van der Waals surface area contributed by atoms with Gasteiger partial charge in [-0.2, -0.15) is 15.0 Å². The molecule has 0 fully saturated rings. The SMILES string of the molecule is CCCCCCCCCCCCN(NCC(=O)O)c1ncnc(N(CCCCCCCCCCCC)NCC(=O)O)n1. The molecule has 1 aromatic rings. The summed E-state index contributed by atoms with van der Waals surface area (Å²) in [5.74, 6) is -1.30. The summed E-state index contributed by atoms with van der Waals surface area (Å²) in [6.45, 7) is 5.09. The van der Waals surface area contributed by atoms with Crippen LogP contribution < -0.4 is 20.9 Å². The lowest BCUT2D eigenvalue weighted by Crippen LogP contribution is -2.45. The Kier molecular flexibility index (Phi) is 23.3. The van der Waals surface area contributed by atoms with Gasteiger partial charge in [0.25, 0.3) is 0 Å². The van der Waals surface area contributed by atoms with Crippen molar-refractivity contribution in [2.75, 3.05) is 36.2 Å². The van der Waals surface area contributed by atoms with Gasteiger partial charge < -0.3 is 10.2 Å². The van der Waals surface area contributed by atoms with E-state index in [9.17, 15) is 19.8 Å². The van der Waals surface area contributed by atoms with Crippen LogP contribution in [-0.4, -0.2) is 63.3 Å². The molecule has 0 aliphatic carbocycles. The highest BCUT2D eigenvalue weighted by Crippen LogP contribution is 2.15. The number of aromatic nitrogens is 3. The summed E-state index contributed by atoms with van der Waals surface area (Å²) in [4.78, 5) is 35.7. The van der Waals surface area contributed by atoms with Crippen LogP contribution in [0.2, 0.25) is 0 Å². The lowest BCUT2D eigenvalue weighted by molar-refractivity contribution is -0.137. The van der Waals surface area contributed by atoms with E-state index in [2.05, 4.69) is 39.7 Å². The molecule has 0 spiro atoms. The number of nitrogens with one attached hydrogen (secondary N) is 2. The molecule has 42 heavy (non-hydrogen) atoms. The predicted molar refractivity (Wildman–Crippen MR) is 169 cm³/mol. The highest BCUT2D eigenvalue weighted by molar-refractivity contribution is 5.69. The number of carboxylic acid groups (broad SMARTS) is 2. The third-order valence-electron chi connectivity index (χ3n) is 7.34. The first-order valence-electron chi connectivity index (χ1n) is 16.6. The van der Waals surface area contributed by atoms with E-state index in [0.29, 0.717) is 25.0 Å². The van der Waals surface area contributed by atoms with Crippen molar-refractivity contribution in [1.29, 1.82) is 0 Å². The molecule has 0 saturated carbocycles. The third-order valence-corrected chi connectivity index (χ3v) is 7.34. The van der Waals surface area contributed by atoms with E-state index in [1.54, 1.807) is 10.0 Å². The van der Waals surface area contributed by atoms with Crippen LogP contribution in [0.5, 0.6) is 0 Å². The molecule has 11 nitrogen and oxygen atoms in total. The van der Waals surface area contributed by atoms with Gasteiger partial charge in [0.2, 0.25) is 11.9 Å². The molecular formula is C31H59N7O4. The molecule has 0 aliphatic heterocycles. The van der Waals surface area contributed by atoms with E-state index in [0.717, 1.165) is 38.5 Å². The third kappa shape index (κ3) is 20.4. The highest BCUT2D eigenvalue weighted by atomic mass is 16.4. The zero-order valence-electron chi connectivity index (χ0n) is 26.5. The molecule has 11 heteroatoms. The van der Waals surface area contributed by atoms with E-state index in [1.165, 1.54) is 96.2 Å². The van der Waals surface area contributed by atoms with Gasteiger partial charge in [0.15, 0.2) is 0 Å². The second-order valence-electron chi connectivity index (χ2n) is 11.2. The Bertz CT molecular complexity index is 754. The Hall–Kier alpha value is -2.53. The number of unbranched alkanes of at least 4 members (excludes halogenated alkanes) is 18. The van der Waals surface area contributed by atoms with Crippen LogP contribution in [0.25, 0.3) is 0 Å². The summed E-state index contributed by atoms with van der Waals surface area (Å²) < 4.78 is 0. The normalized spacial score (nSPS) is 11.1. The molecule has 1 heterocycles. The van der Waals surface area contributed by atoms with Crippen LogP contribution in [0.4, 0.5) is 11.9 Å². The topological polar surface area (TPSA) is 144 Å². The van der Waals surface area contributed by atoms with Crippen LogP contribution in [0.3, 0.4) is 0 Å². The summed E-state index contributed by atoms with van der Waals surface area (Å²) in [7, 11) is 0. The molecule has 0 amide bonds. The largest absolute Gasteiger partial charge is 0.480 e. The monoisotopic (exact) mass is 593 g/mol. The minimum absolute atomic E-state index is 0.252. The molecule has 242 valence electrons. The van der Waals surface area contributed by atoms with Crippen molar-refractivity contribution in [1.82, 2.24) is 25.8 Å². The maximum Gasteiger partial charge on any atom is 0.319 e. The van der Waals surface area contributed by atoms with Crippen molar-refractivity contribution in [2.24, 2.45) is 0 Å². The fraction of sp³-hybridized carbons (Fsp3) is 0.839. The Morgan fingerprint density at radius 3 is 1.19 bits per heavy atom. The summed E-state index contributed by atoms with van der Waals surface area (Å²) in [5.41, 5.74) is 5.84. The van der Waals surface area contributed by atoms with Crippen molar-refractivity contribution < 1.29 is 19.8 Å². The van der Waals surface area contributed by atoms with Crippen molar-refractivity contribution in [2.45, 2.75) is 142 Å². The van der Waals surface area contributed by atoms with E-state index in [1.807, 2.05) is 0 Å². The minimum Gasteiger partial charge on any atom is -0.480 e. The Labute approximate surface area is 254 Å². The Balaban J connectivity index is 2.62. The molecule has 0 aromatic carbocycles. The van der Waals surface area contributed by atoms with Crippen LogP contribution in [0.15, 0.2) is 6.33 Å². The van der Waals surface area contributed by atoms with Crippen LogP contribution >= 0.6 is 0 Å². The highest BCUT2D eigenvalue weighted by Gasteiger charge is 2.16. The second kappa shape index (κ2) is 26.1. The summed E-state index contributed by atoms with van der Waals surface area (Å²) >= 11 is 0. The molecule has 4 N–H and O–H groups in total. The number of aliphatic carboxylic acids is 2. The van der Waals surface area contributed by atoms with E-state index >= 15 is 0 Å². The van der Waals surface area contributed by atoms with Gasteiger partial charge in [-0.15, -0.1) is 0 Å². The maximum absolute atomic E-state index is 11.3.